The minimum absolute atomic E-state index is 0.0984. The molecule has 1 aliphatic rings. The van der Waals surface area contributed by atoms with Crippen molar-refractivity contribution in [3.8, 4) is 16.9 Å². The van der Waals surface area contributed by atoms with Crippen molar-refractivity contribution >= 4 is 6.09 Å². The van der Waals surface area contributed by atoms with Gasteiger partial charge in [-0.15, -0.1) is 0 Å². The summed E-state index contributed by atoms with van der Waals surface area (Å²) in [6.45, 7) is 7.12. The summed E-state index contributed by atoms with van der Waals surface area (Å²) in [4.78, 5) is 11.1. The van der Waals surface area contributed by atoms with E-state index in [-0.39, 0.29) is 11.5 Å². The average molecular weight is 325 g/mol. The van der Waals surface area contributed by atoms with Crippen LogP contribution >= 0.6 is 0 Å². The summed E-state index contributed by atoms with van der Waals surface area (Å²) in [5.41, 5.74) is 9.64. The molecule has 0 radical (unpaired) electrons. The van der Waals surface area contributed by atoms with E-state index >= 15 is 0 Å². The molecule has 3 rings (SSSR count). The highest BCUT2D eigenvalue weighted by molar-refractivity contribution is 5.68. The molecule has 126 valence electrons. The van der Waals surface area contributed by atoms with Crippen LogP contribution in [0.3, 0.4) is 0 Å². The quantitative estimate of drug-likeness (QED) is 0.879. The Balaban J connectivity index is 1.96. The van der Waals surface area contributed by atoms with E-state index in [1.54, 1.807) is 0 Å². The van der Waals surface area contributed by atoms with Gasteiger partial charge < -0.3 is 15.2 Å². The van der Waals surface area contributed by atoms with Crippen molar-refractivity contribution in [1.29, 1.82) is 0 Å². The third-order valence-electron chi connectivity index (χ3n) is 4.32. The number of carbonyl (C=O) groups is 1. The van der Waals surface area contributed by atoms with E-state index in [2.05, 4.69) is 45.0 Å². The number of hydrogen-bond acceptors (Lipinski definition) is 3. The summed E-state index contributed by atoms with van der Waals surface area (Å²) in [5, 5.41) is 0. The standard InChI is InChI=1S/C20H23NO3/c1-20(2,3)15-6-4-5-13(11-15)14-7-8-16-17(24-19(21)22)9-10-23-18(16)12-14/h4-8,11-12,17H,9-10H2,1-3H3,(H2,21,22). The first kappa shape index (κ1) is 16.4. The second-order valence-electron chi connectivity index (χ2n) is 7.15. The molecule has 24 heavy (non-hydrogen) atoms. The lowest BCUT2D eigenvalue weighted by atomic mass is 9.85. The molecule has 0 aliphatic carbocycles. The molecular weight excluding hydrogens is 302 g/mol. The summed E-state index contributed by atoms with van der Waals surface area (Å²) < 4.78 is 10.9. The fourth-order valence-electron chi connectivity index (χ4n) is 2.96. The Morgan fingerprint density at radius 3 is 2.62 bits per heavy atom. The lowest BCUT2D eigenvalue weighted by Gasteiger charge is -2.26. The van der Waals surface area contributed by atoms with Gasteiger partial charge in [0, 0.05) is 12.0 Å². The van der Waals surface area contributed by atoms with Gasteiger partial charge in [-0.3, -0.25) is 0 Å². The summed E-state index contributed by atoms with van der Waals surface area (Å²) in [6, 6.07) is 14.5. The van der Waals surface area contributed by atoms with Crippen LogP contribution in [0, 0.1) is 0 Å². The van der Waals surface area contributed by atoms with E-state index in [4.69, 9.17) is 15.2 Å². The molecule has 1 unspecified atom stereocenters. The summed E-state index contributed by atoms with van der Waals surface area (Å²) in [5.74, 6) is 0.756. The molecule has 0 spiro atoms. The molecule has 1 heterocycles. The molecule has 1 atom stereocenters. The van der Waals surface area contributed by atoms with Gasteiger partial charge in [-0.2, -0.15) is 0 Å². The number of hydrogen-bond donors (Lipinski definition) is 1. The Morgan fingerprint density at radius 2 is 1.92 bits per heavy atom. The smallest absolute Gasteiger partial charge is 0.405 e. The van der Waals surface area contributed by atoms with Gasteiger partial charge in [0.15, 0.2) is 0 Å². The highest BCUT2D eigenvalue weighted by Gasteiger charge is 2.24. The molecule has 4 heteroatoms. The minimum atomic E-state index is -0.755. The maximum absolute atomic E-state index is 11.1. The predicted molar refractivity (Wildman–Crippen MR) is 94.1 cm³/mol. The molecule has 4 nitrogen and oxygen atoms in total. The highest BCUT2D eigenvalue weighted by Crippen LogP contribution is 2.38. The minimum Gasteiger partial charge on any atom is -0.493 e. The first-order chi connectivity index (χ1) is 11.3. The monoisotopic (exact) mass is 325 g/mol. The van der Waals surface area contributed by atoms with Crippen LogP contribution in [0.25, 0.3) is 11.1 Å². The van der Waals surface area contributed by atoms with Crippen LogP contribution in [0.15, 0.2) is 42.5 Å². The average Bonchev–Trinajstić information content (AvgIpc) is 2.53. The molecule has 0 fully saturated rings. The molecule has 2 aromatic rings. The second-order valence-corrected chi connectivity index (χ2v) is 7.15. The molecule has 0 bridgehead atoms. The largest absolute Gasteiger partial charge is 0.493 e. The number of primary amides is 1. The molecule has 0 saturated carbocycles. The zero-order valence-corrected chi connectivity index (χ0v) is 14.3. The van der Waals surface area contributed by atoms with Gasteiger partial charge in [-0.05, 0) is 28.2 Å². The molecule has 2 N–H and O–H groups in total. The zero-order chi connectivity index (χ0) is 17.3. The number of ether oxygens (including phenoxy) is 2. The normalized spacial score (nSPS) is 16.9. The Morgan fingerprint density at radius 1 is 1.17 bits per heavy atom. The van der Waals surface area contributed by atoms with Crippen molar-refractivity contribution in [2.45, 2.75) is 38.7 Å². The van der Waals surface area contributed by atoms with E-state index in [9.17, 15) is 4.79 Å². The Labute approximate surface area is 142 Å². The first-order valence-electron chi connectivity index (χ1n) is 8.18. The second kappa shape index (κ2) is 6.19. The van der Waals surface area contributed by atoms with Crippen LogP contribution < -0.4 is 10.5 Å². The van der Waals surface area contributed by atoms with Crippen molar-refractivity contribution in [3.05, 3.63) is 53.6 Å². The third kappa shape index (κ3) is 3.37. The van der Waals surface area contributed by atoms with Gasteiger partial charge in [0.25, 0.3) is 0 Å². The summed E-state index contributed by atoms with van der Waals surface area (Å²) in [6.07, 6.45) is -0.467. The third-order valence-corrected chi connectivity index (χ3v) is 4.32. The van der Waals surface area contributed by atoms with Crippen LogP contribution in [0.4, 0.5) is 4.79 Å². The molecule has 1 aliphatic heterocycles. The van der Waals surface area contributed by atoms with E-state index in [0.717, 1.165) is 22.4 Å². The molecular formula is C20H23NO3. The van der Waals surface area contributed by atoms with Crippen molar-refractivity contribution < 1.29 is 14.3 Å². The Kier molecular flexibility index (Phi) is 4.22. The van der Waals surface area contributed by atoms with Gasteiger partial charge in [0.2, 0.25) is 0 Å². The number of amides is 1. The number of benzene rings is 2. The SMILES string of the molecule is CC(C)(C)c1cccc(-c2ccc3c(c2)OCCC3OC(N)=O)c1. The van der Waals surface area contributed by atoms with E-state index in [1.165, 1.54) is 5.56 Å². The van der Waals surface area contributed by atoms with Crippen molar-refractivity contribution in [1.82, 2.24) is 0 Å². The van der Waals surface area contributed by atoms with E-state index in [1.807, 2.05) is 18.2 Å². The lowest BCUT2D eigenvalue weighted by molar-refractivity contribution is 0.0766. The lowest BCUT2D eigenvalue weighted by Crippen LogP contribution is -2.22. The Bertz CT molecular complexity index is 762. The number of rotatable bonds is 2. The van der Waals surface area contributed by atoms with Crippen molar-refractivity contribution in [3.63, 3.8) is 0 Å². The number of nitrogens with two attached hydrogens (primary N) is 1. The van der Waals surface area contributed by atoms with E-state index in [0.29, 0.717) is 13.0 Å². The summed E-state index contributed by atoms with van der Waals surface area (Å²) >= 11 is 0. The van der Waals surface area contributed by atoms with Gasteiger partial charge in [0.05, 0.1) is 6.61 Å². The van der Waals surface area contributed by atoms with Crippen LogP contribution in [0.2, 0.25) is 0 Å². The molecule has 1 amide bonds. The van der Waals surface area contributed by atoms with Gasteiger partial charge in [-0.25, -0.2) is 4.79 Å². The fraction of sp³-hybridized carbons (Fsp3) is 0.350. The zero-order valence-electron chi connectivity index (χ0n) is 14.3. The number of fused-ring (bicyclic) bond motifs is 1. The molecule has 2 aromatic carbocycles. The van der Waals surface area contributed by atoms with Crippen LogP contribution in [0.5, 0.6) is 5.75 Å². The first-order valence-corrected chi connectivity index (χ1v) is 8.18. The van der Waals surface area contributed by atoms with Crippen LogP contribution in [-0.2, 0) is 10.2 Å². The van der Waals surface area contributed by atoms with E-state index < -0.39 is 6.09 Å². The Hall–Kier alpha value is -2.49. The van der Waals surface area contributed by atoms with Crippen molar-refractivity contribution in [2.24, 2.45) is 5.73 Å². The van der Waals surface area contributed by atoms with Crippen LogP contribution in [-0.4, -0.2) is 12.7 Å². The number of carbonyl (C=O) groups excluding carboxylic acids is 1. The summed E-state index contributed by atoms with van der Waals surface area (Å²) in [7, 11) is 0. The fourth-order valence-corrected chi connectivity index (χ4v) is 2.96. The topological polar surface area (TPSA) is 61.6 Å². The highest BCUT2D eigenvalue weighted by atomic mass is 16.6. The maximum atomic E-state index is 11.1. The molecule has 0 aromatic heterocycles. The molecule has 0 saturated heterocycles. The van der Waals surface area contributed by atoms with Crippen molar-refractivity contribution in [2.75, 3.05) is 6.61 Å². The van der Waals surface area contributed by atoms with Gasteiger partial charge >= 0.3 is 6.09 Å². The van der Waals surface area contributed by atoms with Crippen LogP contribution in [0.1, 0.15) is 44.4 Å². The maximum Gasteiger partial charge on any atom is 0.405 e. The van der Waals surface area contributed by atoms with Gasteiger partial charge in [-0.1, -0.05) is 57.2 Å². The predicted octanol–water partition coefficient (Wildman–Crippen LogP) is 4.57. The van der Waals surface area contributed by atoms with Gasteiger partial charge in [0.1, 0.15) is 11.9 Å².